The molecule has 0 unspecified atom stereocenters. The van der Waals surface area contributed by atoms with Gasteiger partial charge in [-0.05, 0) is 0 Å². The van der Waals surface area contributed by atoms with Crippen molar-refractivity contribution >= 4 is 18.8 Å². The molecule has 0 aromatic carbocycles. The van der Waals surface area contributed by atoms with E-state index < -0.39 is 7.82 Å². The number of phosphoric acid groups is 1. The van der Waals surface area contributed by atoms with Crippen LogP contribution in [0.1, 0.15) is 0 Å². The monoisotopic (exact) mass is 194 g/mol. The van der Waals surface area contributed by atoms with Gasteiger partial charge in [0.15, 0.2) is 0 Å². The molecule has 0 spiro atoms. The van der Waals surface area contributed by atoms with Crippen molar-refractivity contribution in [2.45, 2.75) is 0 Å². The molecule has 4 radical (unpaired) electrons. The summed E-state index contributed by atoms with van der Waals surface area (Å²) in [7, 11) is -5.39. The third-order valence-electron chi connectivity index (χ3n) is 0. The van der Waals surface area contributed by atoms with Gasteiger partial charge in [0.25, 0.3) is 0 Å². The molecule has 0 heterocycles. The van der Waals surface area contributed by atoms with E-state index in [9.17, 15) is 0 Å². The van der Waals surface area contributed by atoms with Crippen molar-refractivity contribution in [3.63, 3.8) is 0 Å². The Labute approximate surface area is 76.3 Å². The number of hydrogen-bond donors (Lipinski definition) is 0. The topological polar surface area (TPSA) is 86.2 Å². The predicted octanol–water partition coefficient (Wildman–Crippen LogP) is -6.20. The van der Waals surface area contributed by atoms with Gasteiger partial charge in [-0.2, -0.15) is 7.82 Å². The first-order chi connectivity index (χ1) is 2.00. The van der Waals surface area contributed by atoms with Gasteiger partial charge in [-0.25, -0.2) is 0 Å². The summed E-state index contributed by atoms with van der Waals surface area (Å²) in [5, 5.41) is 0. The van der Waals surface area contributed by atoms with Gasteiger partial charge in [0.2, 0.25) is 0 Å². The summed E-state index contributed by atoms with van der Waals surface area (Å²) in [6, 6.07) is 0. The van der Waals surface area contributed by atoms with Gasteiger partial charge in [0.05, 0.1) is 0 Å². The van der Waals surface area contributed by atoms with Crippen molar-refractivity contribution < 1.29 is 57.6 Å². The zero-order valence-electron chi connectivity index (χ0n) is 4.29. The van der Waals surface area contributed by atoms with E-state index in [-0.39, 0.29) is 49.3 Å². The maximum atomic E-state index is 8.55. The SMILES string of the molecule is O=P([O-])([O-])[O-].[Li+].[Si].[Zn+2]. The van der Waals surface area contributed by atoms with Crippen LogP contribution in [0.2, 0.25) is 0 Å². The molecule has 0 aromatic heterocycles. The Morgan fingerprint density at radius 2 is 1.12 bits per heavy atom. The Balaban J connectivity index is -0.0000000267. The molecule has 0 fully saturated rings. The molecule has 8 heavy (non-hydrogen) atoms. The predicted molar refractivity (Wildman–Crippen MR) is 13.4 cm³/mol. The van der Waals surface area contributed by atoms with Crippen molar-refractivity contribution in [2.24, 2.45) is 0 Å². The Morgan fingerprint density at radius 1 is 1.12 bits per heavy atom. The molecule has 4 nitrogen and oxygen atoms in total. The minimum Gasteiger partial charge on any atom is -0.822 e. The van der Waals surface area contributed by atoms with E-state index in [2.05, 4.69) is 0 Å². The van der Waals surface area contributed by atoms with E-state index in [1.807, 2.05) is 0 Å². The summed E-state index contributed by atoms with van der Waals surface area (Å²) < 4.78 is 8.55. The smallest absolute Gasteiger partial charge is 0.822 e. The van der Waals surface area contributed by atoms with E-state index in [0.29, 0.717) is 0 Å². The second-order valence-electron chi connectivity index (χ2n) is 0.447. The Morgan fingerprint density at radius 3 is 1.12 bits per heavy atom. The van der Waals surface area contributed by atoms with Crippen LogP contribution in [0.15, 0.2) is 0 Å². The van der Waals surface area contributed by atoms with E-state index >= 15 is 0 Å². The third-order valence-corrected chi connectivity index (χ3v) is 0. The van der Waals surface area contributed by atoms with Crippen molar-refractivity contribution in [3.8, 4) is 0 Å². The standard InChI is InChI=1S/Li.H3O4P.Si.Zn/c;1-5(2,3)4;;/h;(H3,1,2,3,4);;/q+1;;;+2/p-3. The third kappa shape index (κ3) is 135. The Kier molecular flexibility index (Phi) is 24.2. The fraction of sp³-hybridized carbons (Fsp3) is 0. The maximum absolute atomic E-state index is 8.55. The van der Waals surface area contributed by atoms with Crippen LogP contribution in [0, 0.1) is 0 Å². The maximum Gasteiger partial charge on any atom is 2.00 e. The average Bonchev–Trinajstić information content (AvgIpc) is 0.722. The van der Waals surface area contributed by atoms with Crippen molar-refractivity contribution in [3.05, 3.63) is 0 Å². The number of rotatable bonds is 0. The summed E-state index contributed by atoms with van der Waals surface area (Å²) in [5.74, 6) is 0. The van der Waals surface area contributed by atoms with Crippen molar-refractivity contribution in [1.82, 2.24) is 0 Å². The van der Waals surface area contributed by atoms with E-state index in [4.69, 9.17) is 19.2 Å². The molecule has 0 aromatic rings. The Bertz CT molecular complexity index is 62.2. The van der Waals surface area contributed by atoms with Gasteiger partial charge >= 0.3 is 38.3 Å². The first kappa shape index (κ1) is 22.7. The molecule has 0 aliphatic carbocycles. The zero-order chi connectivity index (χ0) is 4.50. The van der Waals surface area contributed by atoms with Gasteiger partial charge in [0.1, 0.15) is 0 Å². The summed E-state index contributed by atoms with van der Waals surface area (Å²) in [6.07, 6.45) is 0. The van der Waals surface area contributed by atoms with Crippen molar-refractivity contribution in [2.75, 3.05) is 0 Å². The van der Waals surface area contributed by atoms with Crippen molar-refractivity contribution in [1.29, 1.82) is 0 Å². The molecule has 0 rings (SSSR count). The summed E-state index contributed by atoms with van der Waals surface area (Å²) in [5.41, 5.74) is 0. The van der Waals surface area contributed by atoms with Crippen LogP contribution in [0.25, 0.3) is 0 Å². The minimum absolute atomic E-state index is 0. The fourth-order valence-electron chi connectivity index (χ4n) is 0. The normalized spacial score (nSPS) is 7.38. The summed E-state index contributed by atoms with van der Waals surface area (Å²) in [4.78, 5) is 25.6. The summed E-state index contributed by atoms with van der Waals surface area (Å²) >= 11 is 0. The van der Waals surface area contributed by atoms with Crippen LogP contribution in [0.3, 0.4) is 0 Å². The minimum atomic E-state index is -5.39. The van der Waals surface area contributed by atoms with E-state index in [1.54, 1.807) is 0 Å². The fourth-order valence-corrected chi connectivity index (χ4v) is 0. The second kappa shape index (κ2) is 8.55. The van der Waals surface area contributed by atoms with Gasteiger partial charge in [-0.1, -0.05) is 0 Å². The molecule has 0 atom stereocenters. The van der Waals surface area contributed by atoms with E-state index in [0.717, 1.165) is 0 Å². The number of hydrogen-bond acceptors (Lipinski definition) is 4. The summed E-state index contributed by atoms with van der Waals surface area (Å²) in [6.45, 7) is 0. The van der Waals surface area contributed by atoms with Gasteiger partial charge in [-0.3, -0.25) is 0 Å². The van der Waals surface area contributed by atoms with Crippen LogP contribution in [0.5, 0.6) is 0 Å². The van der Waals surface area contributed by atoms with Crippen LogP contribution in [-0.2, 0) is 24.0 Å². The zero-order valence-corrected chi connectivity index (χ0v) is 9.15. The molecule has 8 heteroatoms. The van der Waals surface area contributed by atoms with Gasteiger partial charge in [-0.15, -0.1) is 0 Å². The second-order valence-corrected chi connectivity index (χ2v) is 1.34. The molecule has 36 valence electrons. The molecular formula is LiO4PSiZn. The van der Waals surface area contributed by atoms with Gasteiger partial charge in [0, 0.05) is 11.0 Å². The molecule has 0 aliphatic rings. The quantitative estimate of drug-likeness (QED) is 0.284. The van der Waals surface area contributed by atoms with Crippen LogP contribution >= 0.6 is 7.82 Å². The molecule has 0 saturated heterocycles. The molecule has 0 aliphatic heterocycles. The first-order valence-corrected chi connectivity index (χ1v) is 2.19. The van der Waals surface area contributed by atoms with Crippen LogP contribution in [0.4, 0.5) is 0 Å². The van der Waals surface area contributed by atoms with Gasteiger partial charge < -0.3 is 19.2 Å². The Hall–Kier alpha value is 1.55. The van der Waals surface area contributed by atoms with Crippen LogP contribution < -0.4 is 33.5 Å². The largest absolute Gasteiger partial charge is 2.00 e. The molecule has 0 bridgehead atoms. The molecule has 0 N–H and O–H groups in total. The molecule has 0 saturated carbocycles. The average molecular weight is 195 g/mol. The van der Waals surface area contributed by atoms with E-state index in [1.165, 1.54) is 0 Å². The first-order valence-electron chi connectivity index (χ1n) is 0.730. The molecule has 0 amide bonds. The van der Waals surface area contributed by atoms with Crippen LogP contribution in [-0.4, -0.2) is 11.0 Å². The molecular weight excluding hydrogens is 195 g/mol.